The third-order valence-electron chi connectivity index (χ3n) is 6.22. The van der Waals surface area contributed by atoms with E-state index in [0.717, 1.165) is 42.4 Å². The Labute approximate surface area is 185 Å². The molecule has 1 atom stereocenters. The fraction of sp³-hybridized carbons (Fsp3) is 0.462. The van der Waals surface area contributed by atoms with Crippen LogP contribution in [0.5, 0.6) is 5.75 Å². The molecule has 5 nitrogen and oxygen atoms in total. The number of nitrogens with zero attached hydrogens (tertiary/aromatic N) is 1. The first-order chi connectivity index (χ1) is 15.0. The van der Waals surface area contributed by atoms with Crippen molar-refractivity contribution in [1.82, 2.24) is 10.2 Å². The molecule has 5 heteroatoms. The molecule has 1 aliphatic rings. The number of ether oxygens (including phenoxy) is 1. The summed E-state index contributed by atoms with van der Waals surface area (Å²) in [5, 5.41) is 3.16. The van der Waals surface area contributed by atoms with Crippen LogP contribution in [0.1, 0.15) is 55.7 Å². The van der Waals surface area contributed by atoms with E-state index in [1.165, 1.54) is 6.42 Å². The van der Waals surface area contributed by atoms with E-state index in [2.05, 4.69) is 5.32 Å². The van der Waals surface area contributed by atoms with E-state index < -0.39 is 6.04 Å². The molecule has 2 aromatic rings. The van der Waals surface area contributed by atoms with Gasteiger partial charge in [0, 0.05) is 12.6 Å². The number of benzene rings is 2. The van der Waals surface area contributed by atoms with Gasteiger partial charge in [-0.25, -0.2) is 0 Å². The second-order valence-electron chi connectivity index (χ2n) is 8.51. The summed E-state index contributed by atoms with van der Waals surface area (Å²) in [6, 6.07) is 15.2. The van der Waals surface area contributed by atoms with Gasteiger partial charge in [-0.15, -0.1) is 0 Å². The standard InChI is InChI=1S/C26H34N2O3/c1-19-11-10-16-24(20(19)2)31-18-25(29)28(17-22-12-6-4-7-13-22)21(3)26(30)27-23-14-8-5-9-15-23/h4,6-7,10-13,16,21,23H,5,8-9,14-15,17-18H2,1-3H3,(H,27,30). The van der Waals surface area contributed by atoms with Gasteiger partial charge in [-0.05, 0) is 56.4 Å². The van der Waals surface area contributed by atoms with Crippen molar-refractivity contribution in [2.24, 2.45) is 0 Å². The summed E-state index contributed by atoms with van der Waals surface area (Å²) in [6.07, 6.45) is 5.56. The molecule has 1 saturated carbocycles. The number of aryl methyl sites for hydroxylation is 1. The third kappa shape index (κ3) is 6.33. The first kappa shape index (κ1) is 22.9. The van der Waals surface area contributed by atoms with E-state index in [9.17, 15) is 9.59 Å². The van der Waals surface area contributed by atoms with Gasteiger partial charge in [-0.3, -0.25) is 9.59 Å². The van der Waals surface area contributed by atoms with Crippen LogP contribution in [-0.2, 0) is 16.1 Å². The smallest absolute Gasteiger partial charge is 0.261 e. The van der Waals surface area contributed by atoms with Crippen LogP contribution in [0.4, 0.5) is 0 Å². The Hall–Kier alpha value is -2.82. The molecule has 1 unspecified atom stereocenters. The van der Waals surface area contributed by atoms with Gasteiger partial charge < -0.3 is 15.0 Å². The highest BCUT2D eigenvalue weighted by Gasteiger charge is 2.28. The Morgan fingerprint density at radius 3 is 2.45 bits per heavy atom. The zero-order chi connectivity index (χ0) is 22.2. The minimum atomic E-state index is -0.572. The van der Waals surface area contributed by atoms with E-state index in [4.69, 9.17) is 4.74 Å². The number of carbonyl (C=O) groups excluding carboxylic acids is 2. The highest BCUT2D eigenvalue weighted by Crippen LogP contribution is 2.21. The Morgan fingerprint density at radius 1 is 1.03 bits per heavy atom. The Morgan fingerprint density at radius 2 is 1.74 bits per heavy atom. The van der Waals surface area contributed by atoms with Gasteiger partial charge in [-0.2, -0.15) is 0 Å². The van der Waals surface area contributed by atoms with Crippen LogP contribution in [-0.4, -0.2) is 35.4 Å². The highest BCUT2D eigenvalue weighted by atomic mass is 16.5. The molecule has 0 heterocycles. The summed E-state index contributed by atoms with van der Waals surface area (Å²) in [5.41, 5.74) is 3.12. The number of rotatable bonds is 8. The lowest BCUT2D eigenvalue weighted by Crippen LogP contribution is -2.51. The molecular formula is C26H34N2O3. The van der Waals surface area contributed by atoms with Crippen molar-refractivity contribution in [2.45, 2.75) is 71.5 Å². The van der Waals surface area contributed by atoms with E-state index >= 15 is 0 Å². The summed E-state index contributed by atoms with van der Waals surface area (Å²) in [5.74, 6) is 0.409. The molecule has 31 heavy (non-hydrogen) atoms. The van der Waals surface area contributed by atoms with E-state index in [-0.39, 0.29) is 24.5 Å². The van der Waals surface area contributed by atoms with Gasteiger partial charge in [-0.1, -0.05) is 61.7 Å². The van der Waals surface area contributed by atoms with Crippen molar-refractivity contribution in [2.75, 3.05) is 6.61 Å². The molecule has 1 fully saturated rings. The average Bonchev–Trinajstić information content (AvgIpc) is 2.79. The second-order valence-corrected chi connectivity index (χ2v) is 8.51. The van der Waals surface area contributed by atoms with E-state index in [1.54, 1.807) is 11.8 Å². The summed E-state index contributed by atoms with van der Waals surface area (Å²) in [6.45, 7) is 6.07. The van der Waals surface area contributed by atoms with Crippen LogP contribution in [0.2, 0.25) is 0 Å². The van der Waals surface area contributed by atoms with Crippen molar-refractivity contribution in [3.63, 3.8) is 0 Å². The minimum absolute atomic E-state index is 0.0945. The quantitative estimate of drug-likeness (QED) is 0.679. The monoisotopic (exact) mass is 422 g/mol. The fourth-order valence-electron chi connectivity index (χ4n) is 4.03. The van der Waals surface area contributed by atoms with Crippen molar-refractivity contribution in [1.29, 1.82) is 0 Å². The number of hydrogen-bond acceptors (Lipinski definition) is 3. The highest BCUT2D eigenvalue weighted by molar-refractivity contribution is 5.88. The van der Waals surface area contributed by atoms with Crippen molar-refractivity contribution in [3.8, 4) is 5.75 Å². The predicted octanol–water partition coefficient (Wildman–Crippen LogP) is 4.55. The average molecular weight is 423 g/mol. The number of nitrogens with one attached hydrogen (secondary N) is 1. The largest absolute Gasteiger partial charge is 0.483 e. The molecule has 3 rings (SSSR count). The molecule has 2 aromatic carbocycles. The molecule has 166 valence electrons. The zero-order valence-electron chi connectivity index (χ0n) is 18.9. The fourth-order valence-corrected chi connectivity index (χ4v) is 4.03. The summed E-state index contributed by atoms with van der Waals surface area (Å²) in [7, 11) is 0. The minimum Gasteiger partial charge on any atom is -0.483 e. The topological polar surface area (TPSA) is 58.6 Å². The lowest BCUT2D eigenvalue weighted by Gasteiger charge is -2.31. The molecule has 0 spiro atoms. The zero-order valence-corrected chi connectivity index (χ0v) is 18.9. The third-order valence-corrected chi connectivity index (χ3v) is 6.22. The molecule has 1 N–H and O–H groups in total. The van der Waals surface area contributed by atoms with Crippen LogP contribution in [0.15, 0.2) is 48.5 Å². The van der Waals surface area contributed by atoms with Gasteiger partial charge in [0.25, 0.3) is 5.91 Å². The lowest BCUT2D eigenvalue weighted by molar-refractivity contribution is -0.142. The first-order valence-electron chi connectivity index (χ1n) is 11.3. The van der Waals surface area contributed by atoms with Gasteiger partial charge in [0.15, 0.2) is 6.61 Å². The summed E-state index contributed by atoms with van der Waals surface area (Å²) in [4.78, 5) is 27.8. The maximum Gasteiger partial charge on any atom is 0.261 e. The Kier molecular flexibility index (Phi) is 8.10. The predicted molar refractivity (Wildman–Crippen MR) is 123 cm³/mol. The molecule has 0 radical (unpaired) electrons. The Balaban J connectivity index is 1.70. The van der Waals surface area contributed by atoms with Gasteiger partial charge in [0.1, 0.15) is 11.8 Å². The molecule has 0 aliphatic heterocycles. The number of amides is 2. The van der Waals surface area contributed by atoms with Gasteiger partial charge in [0.05, 0.1) is 0 Å². The molecule has 0 aromatic heterocycles. The normalized spacial score (nSPS) is 15.2. The maximum absolute atomic E-state index is 13.2. The number of carbonyl (C=O) groups is 2. The Bertz CT molecular complexity index is 875. The van der Waals surface area contributed by atoms with E-state index in [1.807, 2.05) is 62.4 Å². The van der Waals surface area contributed by atoms with Crippen molar-refractivity contribution >= 4 is 11.8 Å². The van der Waals surface area contributed by atoms with Crippen LogP contribution in [0, 0.1) is 13.8 Å². The van der Waals surface area contributed by atoms with Gasteiger partial charge >= 0.3 is 0 Å². The molecule has 0 bridgehead atoms. The summed E-state index contributed by atoms with van der Waals surface area (Å²) >= 11 is 0. The molecule has 1 aliphatic carbocycles. The van der Waals surface area contributed by atoms with E-state index in [0.29, 0.717) is 12.3 Å². The maximum atomic E-state index is 13.2. The van der Waals surface area contributed by atoms with Crippen LogP contribution >= 0.6 is 0 Å². The summed E-state index contributed by atoms with van der Waals surface area (Å²) < 4.78 is 5.86. The van der Waals surface area contributed by atoms with Crippen molar-refractivity contribution < 1.29 is 14.3 Å². The SMILES string of the molecule is Cc1cccc(OCC(=O)N(Cc2ccccc2)C(C)C(=O)NC2CCCCC2)c1C. The lowest BCUT2D eigenvalue weighted by atomic mass is 9.95. The molecule has 0 saturated heterocycles. The number of hydrogen-bond donors (Lipinski definition) is 1. The van der Waals surface area contributed by atoms with Crippen LogP contribution in [0.3, 0.4) is 0 Å². The van der Waals surface area contributed by atoms with Crippen LogP contribution in [0.25, 0.3) is 0 Å². The molecule has 2 amide bonds. The first-order valence-corrected chi connectivity index (χ1v) is 11.3. The van der Waals surface area contributed by atoms with Crippen molar-refractivity contribution in [3.05, 3.63) is 65.2 Å². The molecular weight excluding hydrogens is 388 g/mol. The second kappa shape index (κ2) is 11.0. The van der Waals surface area contributed by atoms with Crippen LogP contribution < -0.4 is 10.1 Å². The van der Waals surface area contributed by atoms with Gasteiger partial charge in [0.2, 0.25) is 5.91 Å².